The molecule has 148 valence electrons. The molecule has 0 aromatic carbocycles. The van der Waals surface area contributed by atoms with Crippen molar-refractivity contribution >= 4 is 28.3 Å². The van der Waals surface area contributed by atoms with Gasteiger partial charge in [0.1, 0.15) is 10.6 Å². The predicted molar refractivity (Wildman–Crippen MR) is 98.8 cm³/mol. The van der Waals surface area contributed by atoms with Crippen LogP contribution in [0.1, 0.15) is 37.1 Å². The van der Waals surface area contributed by atoms with Crippen LogP contribution in [0.5, 0.6) is 0 Å². The van der Waals surface area contributed by atoms with Crippen molar-refractivity contribution in [3.8, 4) is 0 Å². The van der Waals surface area contributed by atoms with Crippen LogP contribution in [0.3, 0.4) is 0 Å². The van der Waals surface area contributed by atoms with Crippen LogP contribution >= 0.6 is 12.4 Å². The Morgan fingerprint density at radius 2 is 2.00 bits per heavy atom. The van der Waals surface area contributed by atoms with E-state index in [1.54, 1.807) is 18.7 Å². The summed E-state index contributed by atoms with van der Waals surface area (Å²) in [4.78, 5) is 14.4. The quantitative estimate of drug-likeness (QED) is 0.803. The molecule has 2 saturated heterocycles. The van der Waals surface area contributed by atoms with Crippen LogP contribution in [0, 0.1) is 13.8 Å². The topological polar surface area (TPSA) is 95.8 Å². The molecule has 1 N–H and O–H groups in total. The van der Waals surface area contributed by atoms with Gasteiger partial charge >= 0.3 is 0 Å². The smallest absolute Gasteiger partial charge is 0.248 e. The Morgan fingerprint density at radius 1 is 1.23 bits per heavy atom. The van der Waals surface area contributed by atoms with Crippen LogP contribution in [-0.2, 0) is 14.8 Å². The van der Waals surface area contributed by atoms with Gasteiger partial charge in [-0.15, -0.1) is 12.4 Å². The second-order valence-corrected chi connectivity index (χ2v) is 8.66. The normalized spacial score (nSPS) is 22.1. The molecule has 3 rings (SSSR count). The summed E-state index contributed by atoms with van der Waals surface area (Å²) in [5, 5.41) is 7.08. The molecular formula is C16H27ClN4O4S. The lowest BCUT2D eigenvalue weighted by Crippen LogP contribution is -2.39. The van der Waals surface area contributed by atoms with Crippen molar-refractivity contribution in [1.82, 2.24) is 19.7 Å². The molecule has 3 heterocycles. The van der Waals surface area contributed by atoms with Gasteiger partial charge in [-0.25, -0.2) is 8.42 Å². The molecule has 1 unspecified atom stereocenters. The number of aromatic nitrogens is 1. The Hall–Kier alpha value is -1.16. The van der Waals surface area contributed by atoms with Crippen LogP contribution in [-0.4, -0.2) is 67.5 Å². The maximum absolute atomic E-state index is 12.9. The van der Waals surface area contributed by atoms with E-state index in [0.29, 0.717) is 50.5 Å². The highest BCUT2D eigenvalue weighted by Gasteiger charge is 2.33. The highest BCUT2D eigenvalue weighted by molar-refractivity contribution is 7.89. The summed E-state index contributed by atoms with van der Waals surface area (Å²) in [6, 6.07) is 0.262. The average Bonchev–Trinajstić information content (AvgIpc) is 3.09. The van der Waals surface area contributed by atoms with Crippen molar-refractivity contribution in [3.05, 3.63) is 11.5 Å². The molecule has 1 atom stereocenters. The minimum atomic E-state index is -3.65. The number of sulfonamides is 1. The maximum Gasteiger partial charge on any atom is 0.248 e. The number of nitrogens with zero attached hydrogens (tertiary/aromatic N) is 3. The lowest BCUT2D eigenvalue weighted by Gasteiger charge is -2.23. The third-order valence-corrected chi connectivity index (χ3v) is 7.10. The fourth-order valence-electron chi connectivity index (χ4n) is 3.63. The summed E-state index contributed by atoms with van der Waals surface area (Å²) < 4.78 is 32.3. The van der Waals surface area contributed by atoms with Crippen molar-refractivity contribution in [2.24, 2.45) is 0 Å². The standard InChI is InChI=1S/C16H26N4O4S.ClH/c1-12-16(13(2)24-18-12)25(22,23)20-8-4-7-19(9-10-20)15(21)11-14-5-3-6-17-14;/h14,17H,3-11H2,1-2H3;1H. The lowest BCUT2D eigenvalue weighted by molar-refractivity contribution is -0.131. The van der Waals surface area contributed by atoms with E-state index in [2.05, 4.69) is 10.5 Å². The molecule has 26 heavy (non-hydrogen) atoms. The number of hydrogen-bond donors (Lipinski definition) is 1. The molecule has 1 amide bonds. The minimum absolute atomic E-state index is 0. The summed E-state index contributed by atoms with van der Waals surface area (Å²) in [5.74, 6) is 0.415. The third-order valence-electron chi connectivity index (χ3n) is 4.96. The molecule has 0 spiro atoms. The first kappa shape index (κ1) is 21.1. The highest BCUT2D eigenvalue weighted by Crippen LogP contribution is 2.24. The number of hydrogen-bond acceptors (Lipinski definition) is 6. The van der Waals surface area contributed by atoms with Crippen LogP contribution in [0.4, 0.5) is 0 Å². The molecule has 0 saturated carbocycles. The van der Waals surface area contributed by atoms with E-state index in [0.717, 1.165) is 19.4 Å². The van der Waals surface area contributed by atoms with E-state index in [9.17, 15) is 13.2 Å². The Balaban J connectivity index is 0.00000243. The summed E-state index contributed by atoms with van der Waals surface area (Å²) in [7, 11) is -3.65. The molecule has 2 fully saturated rings. The number of aryl methyl sites for hydroxylation is 2. The van der Waals surface area contributed by atoms with Gasteiger partial charge in [0.25, 0.3) is 0 Å². The van der Waals surface area contributed by atoms with Crippen LogP contribution < -0.4 is 5.32 Å². The first-order valence-electron chi connectivity index (χ1n) is 8.84. The largest absolute Gasteiger partial charge is 0.360 e. The molecule has 0 radical (unpaired) electrons. The Kier molecular flexibility index (Phi) is 7.06. The fourth-order valence-corrected chi connectivity index (χ4v) is 5.39. The summed E-state index contributed by atoms with van der Waals surface area (Å²) >= 11 is 0. The molecular weight excluding hydrogens is 380 g/mol. The third kappa shape index (κ3) is 4.39. The number of nitrogens with one attached hydrogen (secondary N) is 1. The Labute approximate surface area is 160 Å². The molecule has 1 aromatic rings. The predicted octanol–water partition coefficient (Wildman–Crippen LogP) is 1.08. The minimum Gasteiger partial charge on any atom is -0.360 e. The van der Waals surface area contributed by atoms with Gasteiger partial charge in [-0.2, -0.15) is 4.31 Å². The van der Waals surface area contributed by atoms with Gasteiger partial charge in [-0.05, 0) is 39.7 Å². The van der Waals surface area contributed by atoms with Crippen molar-refractivity contribution < 1.29 is 17.7 Å². The number of carbonyl (C=O) groups excluding carboxylic acids is 1. The van der Waals surface area contributed by atoms with Gasteiger partial charge in [0, 0.05) is 38.6 Å². The van der Waals surface area contributed by atoms with Crippen molar-refractivity contribution in [1.29, 1.82) is 0 Å². The van der Waals surface area contributed by atoms with Gasteiger partial charge < -0.3 is 14.7 Å². The Bertz CT molecular complexity index is 711. The van der Waals surface area contributed by atoms with Crippen LogP contribution in [0.25, 0.3) is 0 Å². The first-order valence-corrected chi connectivity index (χ1v) is 10.3. The summed E-state index contributed by atoms with van der Waals surface area (Å²) in [6.45, 7) is 5.93. The molecule has 0 bridgehead atoms. The molecule has 1 aromatic heterocycles. The van der Waals surface area contributed by atoms with Crippen LogP contribution in [0.2, 0.25) is 0 Å². The lowest BCUT2D eigenvalue weighted by atomic mass is 10.1. The Morgan fingerprint density at radius 3 is 2.62 bits per heavy atom. The molecule has 8 nitrogen and oxygen atoms in total. The highest BCUT2D eigenvalue weighted by atomic mass is 35.5. The zero-order valence-corrected chi connectivity index (χ0v) is 16.9. The molecule has 0 aliphatic carbocycles. The van der Waals surface area contributed by atoms with Gasteiger partial charge in [0.15, 0.2) is 5.76 Å². The molecule has 10 heteroatoms. The van der Waals surface area contributed by atoms with E-state index in [1.165, 1.54) is 4.31 Å². The number of amides is 1. The second kappa shape index (κ2) is 8.69. The van der Waals surface area contributed by atoms with E-state index in [4.69, 9.17) is 4.52 Å². The van der Waals surface area contributed by atoms with Crippen LogP contribution in [0.15, 0.2) is 9.42 Å². The van der Waals surface area contributed by atoms with E-state index in [-0.39, 0.29) is 29.3 Å². The van der Waals surface area contributed by atoms with Gasteiger partial charge in [-0.1, -0.05) is 5.16 Å². The van der Waals surface area contributed by atoms with E-state index >= 15 is 0 Å². The summed E-state index contributed by atoms with van der Waals surface area (Å²) in [5.41, 5.74) is 0.377. The molecule has 2 aliphatic rings. The SMILES string of the molecule is Cc1noc(C)c1S(=O)(=O)N1CCCN(C(=O)CC2CCCN2)CC1.Cl. The van der Waals surface area contributed by atoms with E-state index in [1.807, 2.05) is 0 Å². The maximum atomic E-state index is 12.9. The fraction of sp³-hybridized carbons (Fsp3) is 0.750. The van der Waals surface area contributed by atoms with Gasteiger partial charge in [-0.3, -0.25) is 4.79 Å². The molecule has 2 aliphatic heterocycles. The summed E-state index contributed by atoms with van der Waals surface area (Å²) in [6.07, 6.45) is 3.27. The van der Waals surface area contributed by atoms with Crippen molar-refractivity contribution in [2.75, 3.05) is 32.7 Å². The van der Waals surface area contributed by atoms with Crippen molar-refractivity contribution in [2.45, 2.75) is 50.5 Å². The van der Waals surface area contributed by atoms with E-state index < -0.39 is 10.0 Å². The number of carbonyl (C=O) groups is 1. The second-order valence-electron chi connectivity index (χ2n) is 6.79. The first-order chi connectivity index (χ1) is 11.9. The van der Waals surface area contributed by atoms with Gasteiger partial charge in [0.2, 0.25) is 15.9 Å². The zero-order chi connectivity index (χ0) is 18.0. The average molecular weight is 407 g/mol. The number of rotatable bonds is 4. The van der Waals surface area contributed by atoms with Gasteiger partial charge in [0.05, 0.1) is 0 Å². The monoisotopic (exact) mass is 406 g/mol. The zero-order valence-electron chi connectivity index (χ0n) is 15.2. The van der Waals surface area contributed by atoms with Crippen molar-refractivity contribution in [3.63, 3.8) is 0 Å². The number of halogens is 1.